The second-order valence-electron chi connectivity index (χ2n) is 4.54. The zero-order valence-corrected chi connectivity index (χ0v) is 8.59. The topological polar surface area (TPSA) is 21.3 Å². The van der Waals surface area contributed by atoms with Gasteiger partial charge in [-0.1, -0.05) is 0 Å². The van der Waals surface area contributed by atoms with Crippen LogP contribution >= 0.6 is 0 Å². The molecule has 0 aromatic carbocycles. The Bertz CT molecular complexity index is 154. The number of nitrogens with one attached hydrogen (secondary N) is 1. The van der Waals surface area contributed by atoms with E-state index in [-0.39, 0.29) is 0 Å². The number of ether oxygens (including phenoxy) is 1. The summed E-state index contributed by atoms with van der Waals surface area (Å²) >= 11 is 0. The first-order chi connectivity index (χ1) is 6.40. The van der Waals surface area contributed by atoms with E-state index in [2.05, 4.69) is 12.4 Å². The Labute approximate surface area is 81.0 Å². The second kappa shape index (κ2) is 4.43. The van der Waals surface area contributed by atoms with Crippen molar-refractivity contribution in [2.45, 2.75) is 38.1 Å². The Morgan fingerprint density at radius 3 is 2.69 bits per heavy atom. The third-order valence-electron chi connectivity index (χ3n) is 3.74. The summed E-state index contributed by atoms with van der Waals surface area (Å²) in [6, 6.07) is 0.784. The van der Waals surface area contributed by atoms with E-state index in [1.165, 1.54) is 32.1 Å². The van der Waals surface area contributed by atoms with Crippen LogP contribution in [0.3, 0.4) is 0 Å². The molecule has 13 heavy (non-hydrogen) atoms. The highest BCUT2D eigenvalue weighted by atomic mass is 16.5. The van der Waals surface area contributed by atoms with Gasteiger partial charge in [0.05, 0.1) is 0 Å². The average molecular weight is 183 g/mol. The molecule has 2 heteroatoms. The Balaban J connectivity index is 1.80. The van der Waals surface area contributed by atoms with Crippen molar-refractivity contribution in [3.63, 3.8) is 0 Å². The van der Waals surface area contributed by atoms with Gasteiger partial charge in [0, 0.05) is 19.3 Å². The molecule has 1 aliphatic heterocycles. The molecule has 1 aliphatic carbocycles. The van der Waals surface area contributed by atoms with Crippen molar-refractivity contribution in [1.82, 2.24) is 5.32 Å². The van der Waals surface area contributed by atoms with Crippen LogP contribution in [0.5, 0.6) is 0 Å². The van der Waals surface area contributed by atoms with Gasteiger partial charge in [0.25, 0.3) is 0 Å². The van der Waals surface area contributed by atoms with E-state index in [0.717, 1.165) is 31.1 Å². The molecule has 0 aromatic rings. The van der Waals surface area contributed by atoms with Gasteiger partial charge in [-0.15, -0.1) is 0 Å². The SMILES string of the molecule is CNC1CCC(C2CCCOC2)C1. The van der Waals surface area contributed by atoms with E-state index in [9.17, 15) is 0 Å². The maximum Gasteiger partial charge on any atom is 0.0496 e. The average Bonchev–Trinajstić information content (AvgIpc) is 2.67. The zero-order chi connectivity index (χ0) is 9.10. The standard InChI is InChI=1S/C11H21NO/c1-12-11-5-4-9(7-11)10-3-2-6-13-8-10/h9-12H,2-8H2,1H3. The van der Waals surface area contributed by atoms with E-state index in [1.807, 2.05) is 0 Å². The summed E-state index contributed by atoms with van der Waals surface area (Å²) in [5.41, 5.74) is 0. The van der Waals surface area contributed by atoms with E-state index in [1.54, 1.807) is 0 Å². The number of hydrogen-bond acceptors (Lipinski definition) is 2. The molecule has 0 amide bonds. The molecule has 1 saturated heterocycles. The maximum atomic E-state index is 5.54. The van der Waals surface area contributed by atoms with Crippen LogP contribution in [-0.2, 0) is 4.74 Å². The fraction of sp³-hybridized carbons (Fsp3) is 1.00. The van der Waals surface area contributed by atoms with Gasteiger partial charge in [-0.2, -0.15) is 0 Å². The van der Waals surface area contributed by atoms with Gasteiger partial charge < -0.3 is 10.1 Å². The Morgan fingerprint density at radius 1 is 1.15 bits per heavy atom. The van der Waals surface area contributed by atoms with E-state index < -0.39 is 0 Å². The third-order valence-corrected chi connectivity index (χ3v) is 3.74. The monoisotopic (exact) mass is 183 g/mol. The van der Waals surface area contributed by atoms with Crippen LogP contribution in [0.1, 0.15) is 32.1 Å². The summed E-state index contributed by atoms with van der Waals surface area (Å²) in [7, 11) is 2.09. The lowest BCUT2D eigenvalue weighted by molar-refractivity contribution is 0.0314. The first-order valence-electron chi connectivity index (χ1n) is 5.65. The van der Waals surface area contributed by atoms with Gasteiger partial charge in [-0.3, -0.25) is 0 Å². The fourth-order valence-electron chi connectivity index (χ4n) is 2.84. The highest BCUT2D eigenvalue weighted by Crippen LogP contribution is 2.35. The minimum absolute atomic E-state index is 0.784. The van der Waals surface area contributed by atoms with Crippen LogP contribution in [0, 0.1) is 11.8 Å². The number of hydrogen-bond donors (Lipinski definition) is 1. The van der Waals surface area contributed by atoms with Crippen LogP contribution in [0.2, 0.25) is 0 Å². The maximum absolute atomic E-state index is 5.54. The van der Waals surface area contributed by atoms with Crippen LogP contribution in [-0.4, -0.2) is 26.3 Å². The highest BCUT2D eigenvalue weighted by molar-refractivity contribution is 4.84. The fourth-order valence-corrected chi connectivity index (χ4v) is 2.84. The molecule has 2 fully saturated rings. The highest BCUT2D eigenvalue weighted by Gasteiger charge is 2.30. The molecule has 0 radical (unpaired) electrons. The lowest BCUT2D eigenvalue weighted by Gasteiger charge is -2.27. The second-order valence-corrected chi connectivity index (χ2v) is 4.54. The summed E-state index contributed by atoms with van der Waals surface area (Å²) in [6.07, 6.45) is 6.86. The third kappa shape index (κ3) is 2.23. The predicted molar refractivity (Wildman–Crippen MR) is 53.7 cm³/mol. The Hall–Kier alpha value is -0.0800. The molecule has 2 nitrogen and oxygen atoms in total. The molecule has 3 unspecified atom stereocenters. The molecule has 0 bridgehead atoms. The Kier molecular flexibility index (Phi) is 3.23. The largest absolute Gasteiger partial charge is 0.381 e. The van der Waals surface area contributed by atoms with Crippen molar-refractivity contribution in [2.24, 2.45) is 11.8 Å². The van der Waals surface area contributed by atoms with Crippen LogP contribution in [0.4, 0.5) is 0 Å². The van der Waals surface area contributed by atoms with Gasteiger partial charge in [0.2, 0.25) is 0 Å². The number of rotatable bonds is 2. The van der Waals surface area contributed by atoms with Gasteiger partial charge in [0.15, 0.2) is 0 Å². The van der Waals surface area contributed by atoms with Gasteiger partial charge >= 0.3 is 0 Å². The summed E-state index contributed by atoms with van der Waals surface area (Å²) < 4.78 is 5.54. The lowest BCUT2D eigenvalue weighted by Crippen LogP contribution is -2.26. The molecule has 76 valence electrons. The van der Waals surface area contributed by atoms with Crippen molar-refractivity contribution < 1.29 is 4.74 Å². The molecule has 0 aromatic heterocycles. The van der Waals surface area contributed by atoms with Crippen LogP contribution in [0.25, 0.3) is 0 Å². The zero-order valence-electron chi connectivity index (χ0n) is 8.59. The molecule has 0 spiro atoms. The van der Waals surface area contributed by atoms with Gasteiger partial charge in [-0.05, 0) is 51.0 Å². The van der Waals surface area contributed by atoms with Crippen molar-refractivity contribution in [1.29, 1.82) is 0 Å². The summed E-state index contributed by atoms with van der Waals surface area (Å²) in [6.45, 7) is 2.03. The molecule has 2 rings (SSSR count). The first-order valence-corrected chi connectivity index (χ1v) is 5.65. The normalized spacial score (nSPS) is 40.8. The van der Waals surface area contributed by atoms with Crippen molar-refractivity contribution in [3.05, 3.63) is 0 Å². The van der Waals surface area contributed by atoms with Crippen molar-refractivity contribution >= 4 is 0 Å². The molecule has 1 heterocycles. The molecular formula is C11H21NO. The predicted octanol–water partition coefficient (Wildman–Crippen LogP) is 1.80. The quantitative estimate of drug-likeness (QED) is 0.705. The van der Waals surface area contributed by atoms with Gasteiger partial charge in [-0.25, -0.2) is 0 Å². The summed E-state index contributed by atoms with van der Waals surface area (Å²) in [5.74, 6) is 1.81. The smallest absolute Gasteiger partial charge is 0.0496 e. The van der Waals surface area contributed by atoms with Crippen molar-refractivity contribution in [3.8, 4) is 0 Å². The van der Waals surface area contributed by atoms with E-state index >= 15 is 0 Å². The summed E-state index contributed by atoms with van der Waals surface area (Å²) in [5, 5.41) is 3.39. The lowest BCUT2D eigenvalue weighted by atomic mass is 9.86. The van der Waals surface area contributed by atoms with Crippen LogP contribution in [0.15, 0.2) is 0 Å². The van der Waals surface area contributed by atoms with Crippen LogP contribution < -0.4 is 5.32 Å². The molecule has 1 N–H and O–H groups in total. The first kappa shape index (κ1) is 9.47. The molecule has 3 atom stereocenters. The van der Waals surface area contributed by atoms with E-state index in [4.69, 9.17) is 4.74 Å². The van der Waals surface area contributed by atoms with Crippen molar-refractivity contribution in [2.75, 3.05) is 20.3 Å². The van der Waals surface area contributed by atoms with E-state index in [0.29, 0.717) is 0 Å². The Morgan fingerprint density at radius 2 is 2.08 bits per heavy atom. The minimum Gasteiger partial charge on any atom is -0.381 e. The molecular weight excluding hydrogens is 162 g/mol. The van der Waals surface area contributed by atoms with Gasteiger partial charge in [0.1, 0.15) is 0 Å². The molecule has 1 saturated carbocycles. The minimum atomic E-state index is 0.784. The molecule has 2 aliphatic rings. The summed E-state index contributed by atoms with van der Waals surface area (Å²) in [4.78, 5) is 0.